The Morgan fingerprint density at radius 2 is 1.90 bits per heavy atom. The van der Waals surface area contributed by atoms with Crippen molar-refractivity contribution in [2.75, 3.05) is 0 Å². The van der Waals surface area contributed by atoms with Gasteiger partial charge in [-0.1, -0.05) is 11.6 Å². The van der Waals surface area contributed by atoms with E-state index in [9.17, 15) is 4.39 Å². The first-order chi connectivity index (χ1) is 4.61. The lowest BCUT2D eigenvalue weighted by Crippen LogP contribution is -1.77. The van der Waals surface area contributed by atoms with E-state index in [1.165, 1.54) is 0 Å². The van der Waals surface area contributed by atoms with Gasteiger partial charge >= 0.3 is 0 Å². The fourth-order valence-corrected chi connectivity index (χ4v) is 0.769. The molecule has 0 aliphatic rings. The highest BCUT2D eigenvalue weighted by Crippen LogP contribution is 2.28. The largest absolute Gasteiger partial charge is 0.508 e. The molecule has 0 aliphatic carbocycles. The Labute approximate surface area is 61.5 Å². The predicted octanol–water partition coefficient (Wildman–Crippen LogP) is 1.89. The summed E-state index contributed by atoms with van der Waals surface area (Å²) in [6, 6.07) is 1.89. The Kier molecular flexibility index (Phi) is 1.68. The van der Waals surface area contributed by atoms with Gasteiger partial charge in [-0.2, -0.15) is 0 Å². The van der Waals surface area contributed by atoms with Crippen LogP contribution in [-0.4, -0.2) is 10.2 Å². The van der Waals surface area contributed by atoms with Crippen LogP contribution in [0.2, 0.25) is 5.02 Å². The lowest BCUT2D eigenvalue weighted by molar-refractivity contribution is 0.419. The average molecular weight is 163 g/mol. The maximum Gasteiger partial charge on any atom is 0.183 e. The van der Waals surface area contributed by atoms with Gasteiger partial charge < -0.3 is 10.2 Å². The zero-order valence-electron chi connectivity index (χ0n) is 4.81. The van der Waals surface area contributed by atoms with Crippen molar-refractivity contribution in [2.24, 2.45) is 0 Å². The molecule has 0 saturated heterocycles. The van der Waals surface area contributed by atoms with Crippen molar-refractivity contribution in [1.82, 2.24) is 0 Å². The fraction of sp³-hybridized carbons (Fsp3) is 0. The smallest absolute Gasteiger partial charge is 0.183 e. The first-order valence-electron chi connectivity index (χ1n) is 2.48. The molecule has 0 amide bonds. The summed E-state index contributed by atoms with van der Waals surface area (Å²) >= 11 is 5.22. The molecule has 0 saturated carbocycles. The Hall–Kier alpha value is -0.960. The third-order valence-corrected chi connectivity index (χ3v) is 1.27. The van der Waals surface area contributed by atoms with Gasteiger partial charge in [0.25, 0.3) is 0 Å². The Bertz CT molecular complexity index is 239. The van der Waals surface area contributed by atoms with Crippen molar-refractivity contribution in [3.63, 3.8) is 0 Å². The predicted molar refractivity (Wildman–Crippen MR) is 34.7 cm³/mol. The molecule has 0 bridgehead atoms. The first kappa shape index (κ1) is 7.15. The molecule has 0 heterocycles. The Morgan fingerprint density at radius 3 is 2.40 bits per heavy atom. The quantitative estimate of drug-likeness (QED) is 0.612. The van der Waals surface area contributed by atoms with E-state index in [4.69, 9.17) is 21.8 Å². The number of hydrogen-bond donors (Lipinski definition) is 2. The van der Waals surface area contributed by atoms with Gasteiger partial charge in [-0.15, -0.1) is 0 Å². The highest BCUT2D eigenvalue weighted by atomic mass is 35.5. The minimum absolute atomic E-state index is 0.260. The van der Waals surface area contributed by atoms with Crippen molar-refractivity contribution in [3.05, 3.63) is 23.0 Å². The molecule has 0 spiro atoms. The molecule has 2 N–H and O–H groups in total. The number of hydrogen-bond acceptors (Lipinski definition) is 2. The van der Waals surface area contributed by atoms with Gasteiger partial charge in [-0.05, 0) is 0 Å². The van der Waals surface area contributed by atoms with E-state index in [0.29, 0.717) is 0 Å². The van der Waals surface area contributed by atoms with Gasteiger partial charge in [-0.25, -0.2) is 4.39 Å². The van der Waals surface area contributed by atoms with Crippen molar-refractivity contribution in [3.8, 4) is 11.5 Å². The average Bonchev–Trinajstić information content (AvgIpc) is 1.82. The second kappa shape index (κ2) is 2.34. The molecule has 1 aromatic carbocycles. The summed E-state index contributed by atoms with van der Waals surface area (Å²) in [6.45, 7) is 0. The number of phenols is 2. The number of benzene rings is 1. The van der Waals surface area contributed by atoms with E-state index in [-0.39, 0.29) is 10.8 Å². The Balaban J connectivity index is 3.31. The summed E-state index contributed by atoms with van der Waals surface area (Å²) in [5.41, 5.74) is 0. The van der Waals surface area contributed by atoms with Gasteiger partial charge in [0.2, 0.25) is 0 Å². The molecule has 0 unspecified atom stereocenters. The second-order valence-corrected chi connectivity index (χ2v) is 2.17. The summed E-state index contributed by atoms with van der Waals surface area (Å²) in [5.74, 6) is -1.83. The monoisotopic (exact) mass is 162 g/mol. The van der Waals surface area contributed by atoms with Crippen LogP contribution in [0.5, 0.6) is 11.5 Å². The lowest BCUT2D eigenvalue weighted by Gasteiger charge is -1.97. The SMILES string of the molecule is Oc1cc(O)c(F)c(Cl)c1. The highest BCUT2D eigenvalue weighted by molar-refractivity contribution is 6.31. The van der Waals surface area contributed by atoms with Gasteiger partial charge in [0.1, 0.15) is 5.75 Å². The molecule has 4 heteroatoms. The van der Waals surface area contributed by atoms with Gasteiger partial charge in [0.15, 0.2) is 11.6 Å². The van der Waals surface area contributed by atoms with E-state index in [1.807, 2.05) is 0 Å². The molecular formula is C6H4ClFO2. The van der Waals surface area contributed by atoms with E-state index in [1.54, 1.807) is 0 Å². The highest BCUT2D eigenvalue weighted by Gasteiger charge is 2.06. The summed E-state index contributed by atoms with van der Waals surface area (Å²) in [5, 5.41) is 17.1. The summed E-state index contributed by atoms with van der Waals surface area (Å²) in [4.78, 5) is 0. The summed E-state index contributed by atoms with van der Waals surface area (Å²) < 4.78 is 12.4. The van der Waals surface area contributed by atoms with Gasteiger partial charge in [0.05, 0.1) is 5.02 Å². The molecular weight excluding hydrogens is 159 g/mol. The number of aromatic hydroxyl groups is 2. The van der Waals surface area contributed by atoms with Crippen LogP contribution in [-0.2, 0) is 0 Å². The number of halogens is 2. The van der Waals surface area contributed by atoms with Crippen molar-refractivity contribution in [2.45, 2.75) is 0 Å². The molecule has 0 fully saturated rings. The normalized spacial score (nSPS) is 9.80. The molecule has 1 rings (SSSR count). The Morgan fingerprint density at radius 1 is 1.30 bits per heavy atom. The molecule has 2 nitrogen and oxygen atoms in total. The van der Waals surface area contributed by atoms with Crippen LogP contribution >= 0.6 is 11.6 Å². The van der Waals surface area contributed by atoms with Crippen LogP contribution in [0.15, 0.2) is 12.1 Å². The standard InChI is InChI=1S/C6H4ClFO2/c7-4-1-3(9)2-5(10)6(4)8/h1-2,9-10H. The molecule has 0 aliphatic heterocycles. The first-order valence-corrected chi connectivity index (χ1v) is 2.86. The van der Waals surface area contributed by atoms with E-state index in [2.05, 4.69) is 0 Å². The summed E-state index contributed by atoms with van der Waals surface area (Å²) in [6.07, 6.45) is 0. The molecule has 0 radical (unpaired) electrons. The topological polar surface area (TPSA) is 40.5 Å². The number of rotatable bonds is 0. The van der Waals surface area contributed by atoms with Crippen LogP contribution in [0.4, 0.5) is 4.39 Å². The minimum atomic E-state index is -0.917. The second-order valence-electron chi connectivity index (χ2n) is 1.76. The minimum Gasteiger partial charge on any atom is -0.508 e. The molecule has 54 valence electrons. The molecule has 10 heavy (non-hydrogen) atoms. The number of phenolic OH excluding ortho intramolecular Hbond substituents is 2. The fourth-order valence-electron chi connectivity index (χ4n) is 0.561. The third kappa shape index (κ3) is 1.14. The zero-order chi connectivity index (χ0) is 7.72. The maximum atomic E-state index is 12.4. The van der Waals surface area contributed by atoms with Crippen LogP contribution in [0.1, 0.15) is 0 Å². The van der Waals surface area contributed by atoms with Gasteiger partial charge in [0, 0.05) is 12.1 Å². The van der Waals surface area contributed by atoms with E-state index in [0.717, 1.165) is 12.1 Å². The van der Waals surface area contributed by atoms with Gasteiger partial charge in [-0.3, -0.25) is 0 Å². The van der Waals surface area contributed by atoms with Crippen LogP contribution in [0, 0.1) is 5.82 Å². The van der Waals surface area contributed by atoms with Crippen molar-refractivity contribution < 1.29 is 14.6 Å². The van der Waals surface area contributed by atoms with E-state index < -0.39 is 11.6 Å². The van der Waals surface area contributed by atoms with E-state index >= 15 is 0 Å². The summed E-state index contributed by atoms with van der Waals surface area (Å²) in [7, 11) is 0. The van der Waals surface area contributed by atoms with Crippen LogP contribution in [0.3, 0.4) is 0 Å². The molecule has 1 aromatic rings. The zero-order valence-corrected chi connectivity index (χ0v) is 5.56. The molecule has 0 aromatic heterocycles. The van der Waals surface area contributed by atoms with Crippen LogP contribution in [0.25, 0.3) is 0 Å². The van der Waals surface area contributed by atoms with Crippen LogP contribution < -0.4 is 0 Å². The molecule has 0 atom stereocenters. The van der Waals surface area contributed by atoms with Crippen molar-refractivity contribution >= 4 is 11.6 Å². The lowest BCUT2D eigenvalue weighted by atomic mass is 10.3. The maximum absolute atomic E-state index is 12.4. The van der Waals surface area contributed by atoms with Crippen molar-refractivity contribution in [1.29, 1.82) is 0 Å². The third-order valence-electron chi connectivity index (χ3n) is 0.994.